The Kier molecular flexibility index (Phi) is 8.03. The molecule has 1 aromatic carbocycles. The largest absolute Gasteiger partial charge is 0.493 e. The third-order valence-electron chi connectivity index (χ3n) is 4.30. The monoisotopic (exact) mass is 378 g/mol. The zero-order valence-electron chi connectivity index (χ0n) is 16.7. The number of guanidine groups is 1. The van der Waals surface area contributed by atoms with E-state index in [1.807, 2.05) is 32.0 Å². The Balaban J connectivity index is 1.91. The smallest absolute Gasteiger partial charge is 0.409 e. The number of benzene rings is 1. The van der Waals surface area contributed by atoms with Crippen molar-refractivity contribution >= 4 is 12.1 Å². The second kappa shape index (κ2) is 10.5. The zero-order valence-corrected chi connectivity index (χ0v) is 16.7. The third kappa shape index (κ3) is 5.67. The summed E-state index contributed by atoms with van der Waals surface area (Å²) in [5.74, 6) is 2.27. The Hall–Kier alpha value is -2.64. The number of carbonyl (C=O) groups is 1. The van der Waals surface area contributed by atoms with E-state index >= 15 is 0 Å². The number of aliphatic imine (C=N–C) groups is 1. The lowest BCUT2D eigenvalue weighted by molar-refractivity contribution is 0.0914. The van der Waals surface area contributed by atoms with Crippen LogP contribution in [0.2, 0.25) is 0 Å². The first-order valence-electron chi connectivity index (χ1n) is 9.29. The van der Waals surface area contributed by atoms with Crippen LogP contribution in [0, 0.1) is 0 Å². The number of rotatable bonds is 6. The van der Waals surface area contributed by atoms with Crippen LogP contribution >= 0.6 is 0 Å². The molecule has 8 nitrogen and oxygen atoms in total. The van der Waals surface area contributed by atoms with Crippen molar-refractivity contribution in [2.45, 2.75) is 20.4 Å². The Bertz CT molecular complexity index is 643. The van der Waals surface area contributed by atoms with Gasteiger partial charge >= 0.3 is 6.09 Å². The van der Waals surface area contributed by atoms with Crippen molar-refractivity contribution in [2.75, 3.05) is 53.6 Å². The van der Waals surface area contributed by atoms with E-state index in [0.29, 0.717) is 45.9 Å². The number of ether oxygens (including phenoxy) is 3. The average Bonchev–Trinajstić information content (AvgIpc) is 2.69. The van der Waals surface area contributed by atoms with Gasteiger partial charge in [-0.3, -0.25) is 4.99 Å². The minimum atomic E-state index is -0.248. The maximum absolute atomic E-state index is 11.8. The van der Waals surface area contributed by atoms with Crippen molar-refractivity contribution in [1.82, 2.24) is 15.1 Å². The number of hydrogen-bond acceptors (Lipinski definition) is 5. The minimum Gasteiger partial charge on any atom is -0.493 e. The lowest BCUT2D eigenvalue weighted by Gasteiger charge is -2.35. The quantitative estimate of drug-likeness (QED) is 0.602. The van der Waals surface area contributed by atoms with Crippen molar-refractivity contribution < 1.29 is 19.0 Å². The molecule has 0 bridgehead atoms. The first kappa shape index (κ1) is 20.7. The van der Waals surface area contributed by atoms with Gasteiger partial charge in [0.1, 0.15) is 0 Å². The number of nitrogens with one attached hydrogen (secondary N) is 1. The fourth-order valence-corrected chi connectivity index (χ4v) is 2.93. The Labute approximate surface area is 161 Å². The minimum absolute atomic E-state index is 0.248. The van der Waals surface area contributed by atoms with Crippen molar-refractivity contribution in [3.8, 4) is 11.5 Å². The van der Waals surface area contributed by atoms with E-state index in [9.17, 15) is 4.79 Å². The van der Waals surface area contributed by atoms with Crippen LogP contribution in [0.5, 0.6) is 11.5 Å². The summed E-state index contributed by atoms with van der Waals surface area (Å²) < 4.78 is 16.0. The summed E-state index contributed by atoms with van der Waals surface area (Å²) in [6, 6.07) is 5.88. The highest BCUT2D eigenvalue weighted by molar-refractivity contribution is 5.80. The van der Waals surface area contributed by atoms with Crippen LogP contribution in [0.3, 0.4) is 0 Å². The molecule has 0 saturated carbocycles. The fourth-order valence-electron chi connectivity index (χ4n) is 2.93. The molecule has 27 heavy (non-hydrogen) atoms. The van der Waals surface area contributed by atoms with Crippen molar-refractivity contribution in [1.29, 1.82) is 0 Å². The van der Waals surface area contributed by atoms with Gasteiger partial charge in [-0.15, -0.1) is 0 Å². The Morgan fingerprint density at radius 1 is 1.11 bits per heavy atom. The highest BCUT2D eigenvalue weighted by Crippen LogP contribution is 2.28. The molecule has 1 aliphatic heterocycles. The maximum atomic E-state index is 11.8. The fraction of sp³-hybridized carbons (Fsp3) is 0.579. The van der Waals surface area contributed by atoms with Gasteiger partial charge in [-0.25, -0.2) is 4.79 Å². The summed E-state index contributed by atoms with van der Waals surface area (Å²) in [4.78, 5) is 20.0. The van der Waals surface area contributed by atoms with Crippen molar-refractivity contribution in [3.63, 3.8) is 0 Å². The van der Waals surface area contributed by atoms with E-state index in [0.717, 1.165) is 23.0 Å². The molecule has 1 heterocycles. The normalized spacial score (nSPS) is 14.7. The van der Waals surface area contributed by atoms with Crippen LogP contribution in [0.25, 0.3) is 0 Å². The number of hydrogen-bond donors (Lipinski definition) is 1. The van der Waals surface area contributed by atoms with E-state index < -0.39 is 0 Å². The SMILES string of the molecule is CCOC(=O)N1CCN(C(=NC)NCc2ccc(OC)c(OCC)c2)CC1. The predicted octanol–water partition coefficient (Wildman–Crippen LogP) is 1.94. The number of piperazine rings is 1. The summed E-state index contributed by atoms with van der Waals surface area (Å²) in [6.45, 7) is 8.03. The van der Waals surface area contributed by atoms with E-state index in [1.54, 1.807) is 19.1 Å². The Morgan fingerprint density at radius 2 is 1.81 bits per heavy atom. The number of methoxy groups -OCH3 is 1. The van der Waals surface area contributed by atoms with E-state index in [2.05, 4.69) is 15.2 Å². The molecule has 2 rings (SSSR count). The van der Waals surface area contributed by atoms with Crippen LogP contribution in [-0.4, -0.2) is 75.4 Å². The molecular formula is C19H30N4O4. The topological polar surface area (TPSA) is 75.6 Å². The molecule has 8 heteroatoms. The number of amides is 1. The van der Waals surface area contributed by atoms with Crippen molar-refractivity contribution in [2.24, 2.45) is 4.99 Å². The molecule has 1 aromatic rings. The molecule has 1 N–H and O–H groups in total. The molecule has 1 aliphatic rings. The van der Waals surface area contributed by atoms with Gasteiger partial charge in [0.2, 0.25) is 0 Å². The molecule has 0 aromatic heterocycles. The van der Waals surface area contributed by atoms with Gasteiger partial charge in [0.25, 0.3) is 0 Å². The summed E-state index contributed by atoms with van der Waals surface area (Å²) in [5.41, 5.74) is 1.07. The second-order valence-corrected chi connectivity index (χ2v) is 5.99. The van der Waals surface area contributed by atoms with Crippen LogP contribution in [0.4, 0.5) is 4.79 Å². The van der Waals surface area contributed by atoms with E-state index in [1.165, 1.54) is 0 Å². The van der Waals surface area contributed by atoms with E-state index in [-0.39, 0.29) is 6.09 Å². The highest BCUT2D eigenvalue weighted by Gasteiger charge is 2.23. The maximum Gasteiger partial charge on any atom is 0.409 e. The molecule has 1 saturated heterocycles. The highest BCUT2D eigenvalue weighted by atomic mass is 16.6. The van der Waals surface area contributed by atoms with Crippen LogP contribution in [-0.2, 0) is 11.3 Å². The van der Waals surface area contributed by atoms with Gasteiger partial charge in [-0.1, -0.05) is 6.07 Å². The van der Waals surface area contributed by atoms with Gasteiger partial charge < -0.3 is 29.3 Å². The van der Waals surface area contributed by atoms with Gasteiger partial charge in [0.15, 0.2) is 17.5 Å². The summed E-state index contributed by atoms with van der Waals surface area (Å²) in [6.07, 6.45) is -0.248. The molecule has 0 aliphatic carbocycles. The number of carbonyl (C=O) groups excluding carboxylic acids is 1. The molecule has 0 unspecified atom stereocenters. The van der Waals surface area contributed by atoms with E-state index in [4.69, 9.17) is 14.2 Å². The van der Waals surface area contributed by atoms with Gasteiger partial charge in [-0.2, -0.15) is 0 Å². The lowest BCUT2D eigenvalue weighted by atomic mass is 10.2. The third-order valence-corrected chi connectivity index (χ3v) is 4.30. The van der Waals surface area contributed by atoms with Crippen molar-refractivity contribution in [3.05, 3.63) is 23.8 Å². The molecule has 150 valence electrons. The summed E-state index contributed by atoms with van der Waals surface area (Å²) >= 11 is 0. The standard InChI is InChI=1S/C19H30N4O4/c1-5-26-17-13-15(7-8-16(17)25-4)14-21-18(20-3)22-9-11-23(12-10-22)19(24)27-6-2/h7-8,13H,5-6,9-12,14H2,1-4H3,(H,20,21). The molecule has 1 amide bonds. The molecular weight excluding hydrogens is 348 g/mol. The molecule has 0 radical (unpaired) electrons. The average molecular weight is 378 g/mol. The first-order chi connectivity index (χ1) is 13.1. The summed E-state index contributed by atoms with van der Waals surface area (Å²) in [5, 5.41) is 3.38. The predicted molar refractivity (Wildman–Crippen MR) is 105 cm³/mol. The summed E-state index contributed by atoms with van der Waals surface area (Å²) in [7, 11) is 3.40. The zero-order chi connectivity index (χ0) is 19.6. The first-order valence-corrected chi connectivity index (χ1v) is 9.29. The molecule has 1 fully saturated rings. The van der Waals surface area contributed by atoms with Gasteiger partial charge in [0, 0.05) is 39.8 Å². The van der Waals surface area contributed by atoms with Gasteiger partial charge in [0.05, 0.1) is 20.3 Å². The molecule has 0 atom stereocenters. The number of nitrogens with zero attached hydrogens (tertiary/aromatic N) is 3. The lowest BCUT2D eigenvalue weighted by Crippen LogP contribution is -2.53. The second-order valence-electron chi connectivity index (χ2n) is 5.99. The van der Waals surface area contributed by atoms with Gasteiger partial charge in [-0.05, 0) is 31.5 Å². The Morgan fingerprint density at radius 3 is 2.41 bits per heavy atom. The van der Waals surface area contributed by atoms with Crippen LogP contribution < -0.4 is 14.8 Å². The van der Waals surface area contributed by atoms with Crippen LogP contribution in [0.1, 0.15) is 19.4 Å². The van der Waals surface area contributed by atoms with Crippen LogP contribution in [0.15, 0.2) is 23.2 Å². The molecule has 0 spiro atoms.